The lowest BCUT2D eigenvalue weighted by atomic mass is 10.2. The van der Waals surface area contributed by atoms with E-state index >= 15 is 0 Å². The van der Waals surface area contributed by atoms with Crippen molar-refractivity contribution >= 4 is 40.0 Å². The van der Waals surface area contributed by atoms with Crippen LogP contribution in [-0.2, 0) is 11.3 Å². The topological polar surface area (TPSA) is 109 Å². The summed E-state index contributed by atoms with van der Waals surface area (Å²) in [6.07, 6.45) is 1.61. The van der Waals surface area contributed by atoms with Crippen molar-refractivity contribution in [3.63, 3.8) is 0 Å². The largest absolute Gasteiger partial charge is 0.467 e. The first kappa shape index (κ1) is 18.9. The summed E-state index contributed by atoms with van der Waals surface area (Å²) >= 11 is 2.60. The summed E-state index contributed by atoms with van der Waals surface area (Å²) in [5.41, 5.74) is 5.29. The van der Waals surface area contributed by atoms with Crippen LogP contribution in [-0.4, -0.2) is 27.3 Å². The van der Waals surface area contributed by atoms with Gasteiger partial charge < -0.3 is 9.73 Å². The van der Waals surface area contributed by atoms with E-state index < -0.39 is 5.25 Å². The highest BCUT2D eigenvalue weighted by Gasteiger charge is 2.18. The van der Waals surface area contributed by atoms with Crippen LogP contribution in [0.1, 0.15) is 23.0 Å². The lowest BCUT2D eigenvalue weighted by Crippen LogP contribution is -2.44. The van der Waals surface area contributed by atoms with Crippen molar-refractivity contribution < 1.29 is 14.0 Å². The van der Waals surface area contributed by atoms with Crippen LogP contribution >= 0.6 is 23.1 Å². The Balaban J connectivity index is 1.44. The average molecular weight is 403 g/mol. The van der Waals surface area contributed by atoms with Gasteiger partial charge in [-0.25, -0.2) is 0 Å². The standard InChI is InChI=1S/C17H17N5O3S2/c1-11(14(23)19-20-15(24)12-6-3-2-4-7-12)26-17-22-21-16(27-17)18-10-13-8-5-9-25-13/h2-9,11H,10H2,1H3,(H,18,21)(H,19,23)(H,20,24)/t11-/m1/s1. The number of hydrazine groups is 1. The van der Waals surface area contributed by atoms with Gasteiger partial charge in [0.05, 0.1) is 18.1 Å². The minimum absolute atomic E-state index is 0.329. The summed E-state index contributed by atoms with van der Waals surface area (Å²) in [5, 5.41) is 11.4. The Bertz CT molecular complexity index is 883. The molecule has 0 bridgehead atoms. The number of furan rings is 1. The molecule has 0 unspecified atom stereocenters. The van der Waals surface area contributed by atoms with Crippen LogP contribution in [0.4, 0.5) is 5.13 Å². The van der Waals surface area contributed by atoms with E-state index in [2.05, 4.69) is 26.4 Å². The van der Waals surface area contributed by atoms with E-state index in [0.717, 1.165) is 5.76 Å². The Morgan fingerprint density at radius 2 is 1.96 bits per heavy atom. The Labute approximate surface area is 163 Å². The van der Waals surface area contributed by atoms with Crippen LogP contribution in [0.2, 0.25) is 0 Å². The van der Waals surface area contributed by atoms with Crippen molar-refractivity contribution in [2.45, 2.75) is 23.1 Å². The third kappa shape index (κ3) is 5.56. The molecule has 1 atom stereocenters. The first-order valence-electron chi connectivity index (χ1n) is 8.03. The number of amides is 2. The molecule has 0 radical (unpaired) electrons. The van der Waals surface area contributed by atoms with Gasteiger partial charge in [0.15, 0.2) is 4.34 Å². The highest BCUT2D eigenvalue weighted by atomic mass is 32.2. The molecule has 1 aromatic carbocycles. The van der Waals surface area contributed by atoms with Crippen LogP contribution in [0.5, 0.6) is 0 Å². The SMILES string of the molecule is C[C@@H](Sc1nnc(NCc2ccco2)s1)C(=O)NNC(=O)c1ccccc1. The molecule has 3 N–H and O–H groups in total. The molecule has 10 heteroatoms. The lowest BCUT2D eigenvalue weighted by Gasteiger charge is -2.11. The second-order valence-electron chi connectivity index (χ2n) is 5.38. The molecule has 2 aromatic heterocycles. The van der Waals surface area contributed by atoms with Gasteiger partial charge in [0.25, 0.3) is 11.8 Å². The Morgan fingerprint density at radius 1 is 1.15 bits per heavy atom. The van der Waals surface area contributed by atoms with Crippen LogP contribution in [0, 0.1) is 0 Å². The van der Waals surface area contributed by atoms with E-state index in [9.17, 15) is 9.59 Å². The zero-order chi connectivity index (χ0) is 19.1. The number of thioether (sulfide) groups is 1. The predicted molar refractivity (Wildman–Crippen MR) is 103 cm³/mol. The van der Waals surface area contributed by atoms with Gasteiger partial charge in [-0.05, 0) is 31.2 Å². The molecule has 0 saturated heterocycles. The van der Waals surface area contributed by atoms with Gasteiger partial charge >= 0.3 is 0 Å². The number of rotatable bonds is 7. The maximum atomic E-state index is 12.2. The Kier molecular flexibility index (Phi) is 6.44. The first-order valence-corrected chi connectivity index (χ1v) is 9.73. The second kappa shape index (κ2) is 9.19. The fraction of sp³-hybridized carbons (Fsp3) is 0.176. The molecule has 140 valence electrons. The van der Waals surface area contributed by atoms with Crippen molar-refractivity contribution in [3.05, 3.63) is 60.1 Å². The van der Waals surface area contributed by atoms with Crippen LogP contribution in [0.3, 0.4) is 0 Å². The van der Waals surface area contributed by atoms with E-state index in [1.165, 1.54) is 23.1 Å². The molecular weight excluding hydrogens is 386 g/mol. The fourth-order valence-corrected chi connectivity index (χ4v) is 3.88. The van der Waals surface area contributed by atoms with Crippen molar-refractivity contribution in [2.75, 3.05) is 5.32 Å². The van der Waals surface area contributed by atoms with Gasteiger partial charge in [-0.1, -0.05) is 41.3 Å². The molecule has 8 nitrogen and oxygen atoms in total. The Morgan fingerprint density at radius 3 is 2.70 bits per heavy atom. The number of anilines is 1. The van der Waals surface area contributed by atoms with E-state index in [-0.39, 0.29) is 11.8 Å². The molecule has 0 saturated carbocycles. The Hall–Kier alpha value is -2.85. The maximum Gasteiger partial charge on any atom is 0.269 e. The van der Waals surface area contributed by atoms with Gasteiger partial charge in [-0.15, -0.1) is 10.2 Å². The van der Waals surface area contributed by atoms with Crippen molar-refractivity contribution in [3.8, 4) is 0 Å². The van der Waals surface area contributed by atoms with Gasteiger partial charge in [-0.3, -0.25) is 20.4 Å². The quantitative estimate of drug-likeness (QED) is 0.411. The number of aromatic nitrogens is 2. The highest BCUT2D eigenvalue weighted by molar-refractivity contribution is 8.02. The summed E-state index contributed by atoms with van der Waals surface area (Å²) in [4.78, 5) is 24.1. The van der Waals surface area contributed by atoms with E-state index in [1.54, 1.807) is 37.5 Å². The monoisotopic (exact) mass is 403 g/mol. The minimum atomic E-state index is -0.452. The molecular formula is C17H17N5O3S2. The molecule has 0 aliphatic heterocycles. The first-order chi connectivity index (χ1) is 13.1. The van der Waals surface area contributed by atoms with Gasteiger partial charge in [0.2, 0.25) is 5.13 Å². The number of carbonyl (C=O) groups is 2. The van der Waals surface area contributed by atoms with E-state index in [4.69, 9.17) is 4.42 Å². The molecule has 3 rings (SSSR count). The molecule has 3 aromatic rings. The summed E-state index contributed by atoms with van der Waals surface area (Å²) < 4.78 is 5.88. The van der Waals surface area contributed by atoms with Crippen LogP contribution in [0.25, 0.3) is 0 Å². The number of hydrogen-bond acceptors (Lipinski definition) is 8. The number of nitrogens with zero attached hydrogens (tertiary/aromatic N) is 2. The molecule has 27 heavy (non-hydrogen) atoms. The van der Waals surface area contributed by atoms with Gasteiger partial charge in [-0.2, -0.15) is 0 Å². The molecule has 0 aliphatic rings. The van der Waals surface area contributed by atoms with E-state index in [0.29, 0.717) is 21.6 Å². The molecule has 2 heterocycles. The summed E-state index contributed by atoms with van der Waals surface area (Å²) in [5.74, 6) is 0.0901. The zero-order valence-electron chi connectivity index (χ0n) is 14.3. The van der Waals surface area contributed by atoms with Crippen molar-refractivity contribution in [1.29, 1.82) is 0 Å². The third-order valence-corrected chi connectivity index (χ3v) is 5.45. The van der Waals surface area contributed by atoms with Crippen LogP contribution in [0.15, 0.2) is 57.5 Å². The molecule has 2 amide bonds. The van der Waals surface area contributed by atoms with E-state index in [1.807, 2.05) is 18.2 Å². The number of nitrogens with one attached hydrogen (secondary N) is 3. The zero-order valence-corrected chi connectivity index (χ0v) is 16.0. The summed E-state index contributed by atoms with van der Waals surface area (Å²) in [6, 6.07) is 12.3. The highest BCUT2D eigenvalue weighted by Crippen LogP contribution is 2.29. The smallest absolute Gasteiger partial charge is 0.269 e. The minimum Gasteiger partial charge on any atom is -0.467 e. The van der Waals surface area contributed by atoms with Gasteiger partial charge in [0.1, 0.15) is 5.76 Å². The summed E-state index contributed by atoms with van der Waals surface area (Å²) in [7, 11) is 0. The van der Waals surface area contributed by atoms with Crippen molar-refractivity contribution in [2.24, 2.45) is 0 Å². The van der Waals surface area contributed by atoms with Crippen LogP contribution < -0.4 is 16.2 Å². The third-order valence-electron chi connectivity index (χ3n) is 3.38. The number of benzene rings is 1. The predicted octanol–water partition coefficient (Wildman–Crippen LogP) is 2.69. The van der Waals surface area contributed by atoms with Gasteiger partial charge in [0, 0.05) is 5.56 Å². The van der Waals surface area contributed by atoms with Crippen molar-refractivity contribution in [1.82, 2.24) is 21.0 Å². The summed E-state index contributed by atoms with van der Waals surface area (Å²) in [6.45, 7) is 2.24. The average Bonchev–Trinajstić information content (AvgIpc) is 3.36. The maximum absolute atomic E-state index is 12.2. The fourth-order valence-electron chi connectivity index (χ4n) is 1.99. The second-order valence-corrected chi connectivity index (χ2v) is 7.94. The lowest BCUT2D eigenvalue weighted by molar-refractivity contribution is -0.121. The number of carbonyl (C=O) groups excluding carboxylic acids is 2. The normalized spacial score (nSPS) is 11.6. The molecule has 0 aliphatic carbocycles. The molecule has 0 spiro atoms. The molecule has 0 fully saturated rings. The number of hydrogen-bond donors (Lipinski definition) is 3.